The van der Waals surface area contributed by atoms with E-state index in [9.17, 15) is 13.2 Å². The summed E-state index contributed by atoms with van der Waals surface area (Å²) in [5.41, 5.74) is 0.396. The lowest BCUT2D eigenvalue weighted by atomic mass is 10.2. The Morgan fingerprint density at radius 2 is 2.05 bits per heavy atom. The van der Waals surface area contributed by atoms with Crippen LogP contribution in [0.5, 0.6) is 0 Å². The average molecular weight is 348 g/mol. The number of alkyl halides is 1. The first-order valence-electron chi connectivity index (χ1n) is 5.91. The van der Waals surface area contributed by atoms with Gasteiger partial charge in [0.05, 0.1) is 4.90 Å². The topological polar surface area (TPSA) is 54.5 Å². The molecule has 4 nitrogen and oxygen atoms in total. The van der Waals surface area contributed by atoms with Gasteiger partial charge >= 0.3 is 0 Å². The minimum Gasteiger partial charge on any atom is -0.342 e. The Kier molecular flexibility index (Phi) is 5.55. The maximum absolute atomic E-state index is 12.2. The fraction of sp³-hybridized carbons (Fsp3) is 0.462. The van der Waals surface area contributed by atoms with Gasteiger partial charge in [-0.1, -0.05) is 28.9 Å². The Hall–Kier alpha value is -0.880. The summed E-state index contributed by atoms with van der Waals surface area (Å²) in [6, 6.07) is 6.13. The molecule has 1 unspecified atom stereocenters. The number of carbonyl (C=O) groups excluding carboxylic acids is 1. The van der Waals surface area contributed by atoms with Gasteiger partial charge in [0.15, 0.2) is 9.84 Å². The van der Waals surface area contributed by atoms with Crippen molar-refractivity contribution < 1.29 is 13.2 Å². The van der Waals surface area contributed by atoms with Crippen molar-refractivity contribution in [1.29, 1.82) is 0 Å². The van der Waals surface area contributed by atoms with E-state index in [1.807, 2.05) is 6.92 Å². The van der Waals surface area contributed by atoms with Crippen LogP contribution in [0, 0.1) is 0 Å². The zero-order valence-electron chi connectivity index (χ0n) is 11.3. The van der Waals surface area contributed by atoms with Gasteiger partial charge in [0.1, 0.15) is 0 Å². The summed E-state index contributed by atoms with van der Waals surface area (Å²) in [6.45, 7) is 2.64. The smallest absolute Gasteiger partial charge is 0.253 e. The Morgan fingerprint density at radius 3 is 2.58 bits per heavy atom. The average Bonchev–Trinajstić information content (AvgIpc) is 2.34. The quantitative estimate of drug-likeness (QED) is 0.768. The lowest BCUT2D eigenvalue weighted by Gasteiger charge is -2.18. The maximum Gasteiger partial charge on any atom is 0.253 e. The molecule has 0 aliphatic rings. The van der Waals surface area contributed by atoms with Crippen molar-refractivity contribution in [3.63, 3.8) is 0 Å². The van der Waals surface area contributed by atoms with E-state index in [1.165, 1.54) is 12.1 Å². The van der Waals surface area contributed by atoms with Crippen LogP contribution in [-0.2, 0) is 9.84 Å². The largest absolute Gasteiger partial charge is 0.342 e. The van der Waals surface area contributed by atoms with Crippen molar-refractivity contribution in [2.45, 2.75) is 23.1 Å². The number of amides is 1. The molecule has 0 fully saturated rings. The van der Waals surface area contributed by atoms with Gasteiger partial charge in [0.2, 0.25) is 0 Å². The number of rotatable bonds is 5. The van der Waals surface area contributed by atoms with Crippen molar-refractivity contribution in [3.8, 4) is 0 Å². The molecule has 1 aromatic carbocycles. The monoisotopic (exact) mass is 347 g/mol. The molecule has 0 saturated carbocycles. The molecule has 19 heavy (non-hydrogen) atoms. The Morgan fingerprint density at radius 1 is 1.42 bits per heavy atom. The molecule has 0 radical (unpaired) electrons. The Bertz CT molecular complexity index is 555. The molecule has 6 heteroatoms. The molecular weight excluding hydrogens is 330 g/mol. The first kappa shape index (κ1) is 16.2. The van der Waals surface area contributed by atoms with Crippen LogP contribution in [-0.4, -0.2) is 43.9 Å². The van der Waals surface area contributed by atoms with Gasteiger partial charge in [-0.25, -0.2) is 8.42 Å². The number of benzene rings is 1. The van der Waals surface area contributed by atoms with Crippen LogP contribution in [0.4, 0.5) is 0 Å². The molecule has 1 aromatic rings. The first-order valence-corrected chi connectivity index (χ1v) is 8.72. The van der Waals surface area contributed by atoms with E-state index in [2.05, 4.69) is 15.9 Å². The molecule has 0 heterocycles. The van der Waals surface area contributed by atoms with Crippen molar-refractivity contribution in [2.24, 2.45) is 0 Å². The molecule has 1 atom stereocenters. The second-order valence-corrected chi connectivity index (χ2v) is 8.18. The lowest BCUT2D eigenvalue weighted by Crippen LogP contribution is -2.28. The molecule has 0 spiro atoms. The molecule has 0 bridgehead atoms. The number of carbonyl (C=O) groups is 1. The highest BCUT2D eigenvalue weighted by Crippen LogP contribution is 2.13. The molecule has 0 saturated heterocycles. The number of hydrogen-bond donors (Lipinski definition) is 0. The van der Waals surface area contributed by atoms with Crippen LogP contribution in [0.15, 0.2) is 29.2 Å². The number of halogens is 1. The van der Waals surface area contributed by atoms with E-state index in [1.54, 1.807) is 24.1 Å². The summed E-state index contributed by atoms with van der Waals surface area (Å²) in [7, 11) is -1.58. The SMILES string of the molecule is CC(Br)CCN(C)C(=O)c1cccc(S(C)(=O)=O)c1. The molecule has 1 rings (SSSR count). The fourth-order valence-corrected chi connectivity index (χ4v) is 2.42. The van der Waals surface area contributed by atoms with Crippen LogP contribution in [0.25, 0.3) is 0 Å². The maximum atomic E-state index is 12.2. The molecule has 0 aromatic heterocycles. The van der Waals surface area contributed by atoms with Crippen LogP contribution < -0.4 is 0 Å². The van der Waals surface area contributed by atoms with Gasteiger partial charge < -0.3 is 4.90 Å². The highest BCUT2D eigenvalue weighted by molar-refractivity contribution is 9.09. The first-order chi connectivity index (χ1) is 8.71. The van der Waals surface area contributed by atoms with Crippen LogP contribution in [0.1, 0.15) is 23.7 Å². The number of sulfone groups is 1. The van der Waals surface area contributed by atoms with Crippen molar-refractivity contribution in [3.05, 3.63) is 29.8 Å². The van der Waals surface area contributed by atoms with Crippen molar-refractivity contribution in [2.75, 3.05) is 19.8 Å². The third-order valence-electron chi connectivity index (χ3n) is 2.72. The van der Waals surface area contributed by atoms with Gasteiger partial charge in [0.25, 0.3) is 5.91 Å². The van der Waals surface area contributed by atoms with E-state index in [0.717, 1.165) is 12.7 Å². The summed E-state index contributed by atoms with van der Waals surface area (Å²) in [4.78, 5) is 14.3. The lowest BCUT2D eigenvalue weighted by molar-refractivity contribution is 0.0793. The minimum atomic E-state index is -3.29. The van der Waals surface area contributed by atoms with Gasteiger partial charge in [-0.05, 0) is 24.6 Å². The normalized spacial score (nSPS) is 13.1. The van der Waals surface area contributed by atoms with Crippen molar-refractivity contribution in [1.82, 2.24) is 4.90 Å². The Labute approximate surface area is 122 Å². The zero-order valence-corrected chi connectivity index (χ0v) is 13.7. The predicted octanol–water partition coefficient (Wildman–Crippen LogP) is 2.34. The highest BCUT2D eigenvalue weighted by atomic mass is 79.9. The zero-order chi connectivity index (χ0) is 14.6. The molecule has 0 aliphatic heterocycles. The van der Waals surface area contributed by atoms with E-state index >= 15 is 0 Å². The second kappa shape index (κ2) is 6.52. The summed E-state index contributed by atoms with van der Waals surface area (Å²) in [5, 5.41) is 0. The van der Waals surface area contributed by atoms with E-state index in [0.29, 0.717) is 16.9 Å². The van der Waals surface area contributed by atoms with Crippen molar-refractivity contribution >= 4 is 31.7 Å². The van der Waals surface area contributed by atoms with Crippen LogP contribution >= 0.6 is 15.9 Å². The third kappa shape index (κ3) is 4.95. The molecule has 1 amide bonds. The van der Waals surface area contributed by atoms with Crippen LogP contribution in [0.3, 0.4) is 0 Å². The molecule has 106 valence electrons. The predicted molar refractivity (Wildman–Crippen MR) is 79.5 cm³/mol. The third-order valence-corrected chi connectivity index (χ3v) is 4.29. The number of hydrogen-bond acceptors (Lipinski definition) is 3. The fourth-order valence-electron chi connectivity index (χ4n) is 1.55. The van der Waals surface area contributed by atoms with E-state index in [4.69, 9.17) is 0 Å². The summed E-state index contributed by atoms with van der Waals surface area (Å²) in [5.74, 6) is -0.168. The summed E-state index contributed by atoms with van der Waals surface area (Å²) >= 11 is 3.43. The second-order valence-electron chi connectivity index (χ2n) is 4.60. The molecule has 0 aliphatic carbocycles. The van der Waals surface area contributed by atoms with Gasteiger partial charge in [-0.3, -0.25) is 4.79 Å². The molecular formula is C13H18BrNO3S. The standard InChI is InChI=1S/C13H18BrNO3S/c1-10(14)7-8-15(2)13(16)11-5-4-6-12(9-11)19(3,17)18/h4-6,9-10H,7-8H2,1-3H3. The minimum absolute atomic E-state index is 0.167. The highest BCUT2D eigenvalue weighted by Gasteiger charge is 2.15. The van der Waals surface area contributed by atoms with Gasteiger partial charge in [0, 0.05) is 30.2 Å². The number of nitrogens with zero attached hydrogens (tertiary/aromatic N) is 1. The summed E-state index contributed by atoms with van der Waals surface area (Å²) < 4.78 is 22.9. The van der Waals surface area contributed by atoms with Crippen LogP contribution in [0.2, 0.25) is 0 Å². The van der Waals surface area contributed by atoms with E-state index in [-0.39, 0.29) is 10.8 Å². The summed E-state index contributed by atoms with van der Waals surface area (Å²) in [6.07, 6.45) is 1.97. The van der Waals surface area contributed by atoms with Gasteiger partial charge in [-0.15, -0.1) is 0 Å². The van der Waals surface area contributed by atoms with E-state index < -0.39 is 9.84 Å². The Balaban J connectivity index is 2.88. The molecule has 0 N–H and O–H groups in total. The van der Waals surface area contributed by atoms with Gasteiger partial charge in [-0.2, -0.15) is 0 Å².